The molecule has 0 aromatic heterocycles. The van der Waals surface area contributed by atoms with Crippen LogP contribution in [0.4, 0.5) is 5.69 Å². The molecule has 6 heteroatoms. The molecule has 0 saturated carbocycles. The van der Waals surface area contributed by atoms with E-state index in [2.05, 4.69) is 17.6 Å². The molecule has 0 heterocycles. The van der Waals surface area contributed by atoms with E-state index >= 15 is 0 Å². The summed E-state index contributed by atoms with van der Waals surface area (Å²) in [6.45, 7) is 3.14. The Balaban J connectivity index is 1.74. The minimum Gasteiger partial charge on any atom is -0.494 e. The fourth-order valence-electron chi connectivity index (χ4n) is 2.21. The third-order valence-electron chi connectivity index (χ3n) is 3.70. The molecule has 0 aliphatic carbocycles. The summed E-state index contributed by atoms with van der Waals surface area (Å²) in [5.41, 5.74) is 1.58. The van der Waals surface area contributed by atoms with Crippen LogP contribution in [0.15, 0.2) is 48.5 Å². The molecule has 2 amide bonds. The van der Waals surface area contributed by atoms with Crippen molar-refractivity contribution >= 4 is 29.1 Å². The van der Waals surface area contributed by atoms with Crippen molar-refractivity contribution in [3.05, 3.63) is 59.1 Å². The molecule has 0 aliphatic rings. The first-order valence-corrected chi connectivity index (χ1v) is 9.02. The highest BCUT2D eigenvalue weighted by Crippen LogP contribution is 2.16. The van der Waals surface area contributed by atoms with Gasteiger partial charge in [-0.2, -0.15) is 0 Å². The van der Waals surface area contributed by atoms with E-state index in [-0.39, 0.29) is 0 Å². The third-order valence-corrected chi connectivity index (χ3v) is 3.95. The van der Waals surface area contributed by atoms with Crippen molar-refractivity contribution in [1.29, 1.82) is 0 Å². The number of amides is 2. The summed E-state index contributed by atoms with van der Waals surface area (Å²) in [4.78, 5) is 23.8. The van der Waals surface area contributed by atoms with E-state index in [0.29, 0.717) is 30.3 Å². The molecule has 2 aromatic rings. The van der Waals surface area contributed by atoms with E-state index in [1.165, 1.54) is 0 Å². The number of unbranched alkanes of at least 4 members (excludes halogenated alkanes) is 1. The van der Waals surface area contributed by atoms with E-state index in [4.69, 9.17) is 16.3 Å². The Bertz CT molecular complexity index is 715. The Labute approximate surface area is 158 Å². The number of benzene rings is 2. The Morgan fingerprint density at radius 3 is 2.35 bits per heavy atom. The van der Waals surface area contributed by atoms with E-state index < -0.39 is 11.8 Å². The summed E-state index contributed by atoms with van der Waals surface area (Å²) in [6, 6.07) is 14.3. The van der Waals surface area contributed by atoms with Crippen molar-refractivity contribution in [3.8, 4) is 5.75 Å². The van der Waals surface area contributed by atoms with Gasteiger partial charge < -0.3 is 15.4 Å². The second-order valence-electron chi connectivity index (χ2n) is 5.81. The molecule has 2 aromatic carbocycles. The molecule has 0 saturated heterocycles. The van der Waals surface area contributed by atoms with E-state index in [0.717, 1.165) is 24.2 Å². The van der Waals surface area contributed by atoms with Gasteiger partial charge in [0.25, 0.3) is 0 Å². The van der Waals surface area contributed by atoms with Crippen LogP contribution in [0.5, 0.6) is 5.75 Å². The zero-order valence-corrected chi connectivity index (χ0v) is 15.5. The molecular weight excluding hydrogens is 352 g/mol. The van der Waals surface area contributed by atoms with Gasteiger partial charge >= 0.3 is 11.8 Å². The maximum atomic E-state index is 11.9. The second-order valence-corrected chi connectivity index (χ2v) is 6.25. The number of hydrogen-bond acceptors (Lipinski definition) is 3. The molecule has 0 fully saturated rings. The molecule has 2 rings (SSSR count). The molecule has 0 unspecified atom stereocenters. The predicted molar refractivity (Wildman–Crippen MR) is 104 cm³/mol. The number of anilines is 1. The molecule has 0 aliphatic heterocycles. The first-order valence-electron chi connectivity index (χ1n) is 8.65. The fraction of sp³-hybridized carbons (Fsp3) is 0.300. The highest BCUT2D eigenvalue weighted by atomic mass is 35.5. The van der Waals surface area contributed by atoms with Gasteiger partial charge in [0.05, 0.1) is 6.61 Å². The summed E-state index contributed by atoms with van der Waals surface area (Å²) in [5.74, 6) is -0.619. The Hall–Kier alpha value is -2.53. The lowest BCUT2D eigenvalue weighted by Gasteiger charge is -2.08. The van der Waals surface area contributed by atoms with Crippen molar-refractivity contribution in [2.75, 3.05) is 18.5 Å². The number of nitrogens with one attached hydrogen (secondary N) is 2. The Morgan fingerprint density at radius 2 is 1.69 bits per heavy atom. The zero-order chi connectivity index (χ0) is 18.8. The van der Waals surface area contributed by atoms with Gasteiger partial charge in [-0.1, -0.05) is 37.1 Å². The summed E-state index contributed by atoms with van der Waals surface area (Å²) in [6.07, 6.45) is 2.69. The number of ether oxygens (including phenoxy) is 1. The lowest BCUT2D eigenvalue weighted by atomic mass is 10.1. The fourth-order valence-corrected chi connectivity index (χ4v) is 2.33. The zero-order valence-electron chi connectivity index (χ0n) is 14.8. The number of hydrogen-bond donors (Lipinski definition) is 2. The van der Waals surface area contributed by atoms with Crippen molar-refractivity contribution in [3.63, 3.8) is 0 Å². The number of halogens is 1. The summed E-state index contributed by atoms with van der Waals surface area (Å²) in [5, 5.41) is 5.84. The minimum absolute atomic E-state index is 0.373. The van der Waals surface area contributed by atoms with E-state index in [9.17, 15) is 9.59 Å². The van der Waals surface area contributed by atoms with Crippen LogP contribution in [0.1, 0.15) is 25.3 Å². The van der Waals surface area contributed by atoms with Gasteiger partial charge in [-0.3, -0.25) is 9.59 Å². The van der Waals surface area contributed by atoms with Gasteiger partial charge in [-0.15, -0.1) is 0 Å². The molecule has 2 N–H and O–H groups in total. The third kappa shape index (κ3) is 6.76. The van der Waals surface area contributed by atoms with Crippen LogP contribution in [0.3, 0.4) is 0 Å². The topological polar surface area (TPSA) is 67.4 Å². The van der Waals surface area contributed by atoms with E-state index in [1.807, 2.05) is 12.1 Å². The Kier molecular flexibility index (Phi) is 7.96. The van der Waals surface area contributed by atoms with Gasteiger partial charge in [-0.25, -0.2) is 0 Å². The van der Waals surface area contributed by atoms with Crippen LogP contribution >= 0.6 is 11.6 Å². The molecule has 5 nitrogen and oxygen atoms in total. The second kappa shape index (κ2) is 10.5. The number of rotatable bonds is 8. The van der Waals surface area contributed by atoms with Crippen molar-refractivity contribution in [2.45, 2.75) is 26.2 Å². The van der Waals surface area contributed by atoms with Gasteiger partial charge in [0.2, 0.25) is 0 Å². The summed E-state index contributed by atoms with van der Waals surface area (Å²) in [7, 11) is 0. The average molecular weight is 375 g/mol. The molecule has 138 valence electrons. The van der Waals surface area contributed by atoms with Gasteiger partial charge in [0.1, 0.15) is 5.75 Å². The van der Waals surface area contributed by atoms with E-state index in [1.54, 1.807) is 36.4 Å². The molecule has 26 heavy (non-hydrogen) atoms. The van der Waals surface area contributed by atoms with Gasteiger partial charge in [0.15, 0.2) is 0 Å². The van der Waals surface area contributed by atoms with Crippen molar-refractivity contribution < 1.29 is 14.3 Å². The van der Waals surface area contributed by atoms with Crippen LogP contribution in [0, 0.1) is 0 Å². The normalized spacial score (nSPS) is 10.2. The van der Waals surface area contributed by atoms with Gasteiger partial charge in [0, 0.05) is 17.3 Å². The van der Waals surface area contributed by atoms with Crippen LogP contribution in [-0.4, -0.2) is 25.0 Å². The summed E-state index contributed by atoms with van der Waals surface area (Å²) >= 11 is 5.83. The molecule has 0 spiro atoms. The standard InChI is InChI=1S/C20H23ClN2O3/c1-2-3-14-26-18-10-8-17(9-11-18)23-20(25)19(24)22-13-12-15-4-6-16(21)7-5-15/h4-11H,2-3,12-14H2,1H3,(H,22,24)(H,23,25). The molecule has 0 atom stereocenters. The van der Waals surface area contributed by atoms with Crippen molar-refractivity contribution in [1.82, 2.24) is 5.32 Å². The molecule has 0 bridgehead atoms. The summed E-state index contributed by atoms with van der Waals surface area (Å²) < 4.78 is 5.56. The molecule has 0 radical (unpaired) electrons. The lowest BCUT2D eigenvalue weighted by molar-refractivity contribution is -0.136. The number of carbonyl (C=O) groups is 2. The Morgan fingerprint density at radius 1 is 1.00 bits per heavy atom. The predicted octanol–water partition coefficient (Wildman–Crippen LogP) is 3.82. The van der Waals surface area contributed by atoms with Crippen LogP contribution in [-0.2, 0) is 16.0 Å². The maximum absolute atomic E-state index is 11.9. The SMILES string of the molecule is CCCCOc1ccc(NC(=O)C(=O)NCCc2ccc(Cl)cc2)cc1. The lowest BCUT2D eigenvalue weighted by Crippen LogP contribution is -2.36. The first kappa shape index (κ1) is 19.8. The maximum Gasteiger partial charge on any atom is 0.313 e. The highest BCUT2D eigenvalue weighted by Gasteiger charge is 2.13. The average Bonchev–Trinajstić information content (AvgIpc) is 2.65. The van der Waals surface area contributed by atoms with Gasteiger partial charge in [-0.05, 0) is 54.8 Å². The first-order chi connectivity index (χ1) is 12.6. The molecular formula is C20H23ClN2O3. The minimum atomic E-state index is -0.694. The highest BCUT2D eigenvalue weighted by molar-refractivity contribution is 6.39. The van der Waals surface area contributed by atoms with Crippen molar-refractivity contribution in [2.24, 2.45) is 0 Å². The monoisotopic (exact) mass is 374 g/mol. The van der Waals surface area contributed by atoms with Crippen LogP contribution < -0.4 is 15.4 Å². The number of carbonyl (C=O) groups excluding carboxylic acids is 2. The van der Waals surface area contributed by atoms with Crippen LogP contribution in [0.2, 0.25) is 5.02 Å². The van der Waals surface area contributed by atoms with Crippen LogP contribution in [0.25, 0.3) is 0 Å². The quantitative estimate of drug-likeness (QED) is 0.545. The smallest absolute Gasteiger partial charge is 0.313 e. The largest absolute Gasteiger partial charge is 0.494 e.